The van der Waals surface area contributed by atoms with E-state index in [0.717, 1.165) is 76.1 Å². The molecule has 0 heterocycles. The Labute approximate surface area is 264 Å². The number of hydrogen-bond acceptors (Lipinski definition) is 6. The summed E-state index contributed by atoms with van der Waals surface area (Å²) in [6.07, 6.45) is 12.5. The van der Waals surface area contributed by atoms with Crippen molar-refractivity contribution in [3.8, 4) is 5.75 Å². The van der Waals surface area contributed by atoms with Crippen LogP contribution in [0.4, 0.5) is 5.69 Å². The third-order valence-electron chi connectivity index (χ3n) is 9.50. The number of unbranched alkanes of at least 4 members (excludes halogenated alkanes) is 2. The van der Waals surface area contributed by atoms with Crippen molar-refractivity contribution >= 4 is 23.0 Å². The summed E-state index contributed by atoms with van der Waals surface area (Å²) in [5.74, 6) is -1.77. The van der Waals surface area contributed by atoms with Gasteiger partial charge in [0.1, 0.15) is 30.7 Å². The van der Waals surface area contributed by atoms with E-state index in [1.54, 1.807) is 24.3 Å². The fourth-order valence-corrected chi connectivity index (χ4v) is 6.51. The Morgan fingerprint density at radius 2 is 1.55 bits per heavy atom. The predicted molar refractivity (Wildman–Crippen MR) is 179 cm³/mol. The molecule has 2 aliphatic carbocycles. The second-order valence-corrected chi connectivity index (χ2v) is 12.4. The van der Waals surface area contributed by atoms with E-state index in [4.69, 9.17) is 0 Å². The first-order valence-electron chi connectivity index (χ1n) is 16.9. The topological polar surface area (TPSA) is 101 Å². The normalized spacial score (nSPS) is 22.8. The summed E-state index contributed by atoms with van der Waals surface area (Å²) in [5.41, 5.74) is 1.78. The Morgan fingerprint density at radius 1 is 0.886 bits per heavy atom. The summed E-state index contributed by atoms with van der Waals surface area (Å²) in [4.78, 5) is 29.2. The second kappa shape index (κ2) is 16.8. The van der Waals surface area contributed by atoms with Gasteiger partial charge in [-0.1, -0.05) is 65.9 Å². The van der Waals surface area contributed by atoms with Crippen LogP contribution in [0, 0.1) is 11.8 Å². The standard InChI is InChI=1S/C37H54N2O5/c1-7-13-15-25(9-3)23-38(11-5)27-17-19-29(31(40)21-27)33-35(42)34(37(44)36(33)43)30-20-18-28(22-32(30)41)39(12-6)24-26(10-4)16-14-8-2/h17-22,25-26,33,36,40,43H,7-16,23-24H2,1-6H3/p+1. The summed E-state index contributed by atoms with van der Waals surface area (Å²) >= 11 is 0. The van der Waals surface area contributed by atoms with E-state index >= 15 is 0 Å². The third-order valence-corrected chi connectivity index (χ3v) is 9.50. The van der Waals surface area contributed by atoms with Gasteiger partial charge in [0.05, 0.1) is 17.6 Å². The molecule has 0 aliphatic heterocycles. The molecule has 0 bridgehead atoms. The molecular weight excluding hydrogens is 552 g/mol. The Morgan fingerprint density at radius 3 is 2.09 bits per heavy atom. The summed E-state index contributed by atoms with van der Waals surface area (Å²) < 4.78 is 2.21. The maximum atomic E-state index is 13.7. The lowest BCUT2D eigenvalue weighted by molar-refractivity contribution is -0.530. The maximum absolute atomic E-state index is 13.7. The summed E-state index contributed by atoms with van der Waals surface area (Å²) in [7, 11) is 0. The van der Waals surface area contributed by atoms with Crippen molar-refractivity contribution in [2.75, 3.05) is 31.1 Å². The first-order valence-corrected chi connectivity index (χ1v) is 16.9. The van der Waals surface area contributed by atoms with Crippen LogP contribution in [0.1, 0.15) is 104 Å². The molecule has 1 saturated carbocycles. The molecule has 1 fully saturated rings. The highest BCUT2D eigenvalue weighted by Crippen LogP contribution is 2.41. The van der Waals surface area contributed by atoms with Crippen molar-refractivity contribution in [1.29, 1.82) is 0 Å². The van der Waals surface area contributed by atoms with Gasteiger partial charge in [-0.15, -0.1) is 0 Å². The number of carbonyl (C=O) groups is 2. The molecule has 3 rings (SSSR count). The van der Waals surface area contributed by atoms with Crippen LogP contribution in [0.5, 0.6) is 5.75 Å². The first-order chi connectivity index (χ1) is 21.1. The molecule has 2 aliphatic rings. The molecule has 0 amide bonds. The lowest BCUT2D eigenvalue weighted by Gasteiger charge is -2.28. The number of nitrogens with zero attached hydrogens (tertiary/aromatic N) is 2. The zero-order valence-corrected chi connectivity index (χ0v) is 27.8. The number of carbonyl (C=O) groups excluding carboxylic acids is 2. The lowest BCUT2D eigenvalue weighted by Crippen LogP contribution is -2.29. The lowest BCUT2D eigenvalue weighted by atomic mass is 9.91. The Hall–Kier alpha value is -3.19. The fraction of sp³-hybridized carbons (Fsp3) is 0.595. The van der Waals surface area contributed by atoms with Crippen LogP contribution in [0.25, 0.3) is 0 Å². The van der Waals surface area contributed by atoms with Crippen molar-refractivity contribution in [2.45, 2.75) is 105 Å². The number of aliphatic hydroxyl groups excluding tert-OH is 2. The highest BCUT2D eigenvalue weighted by Gasteiger charge is 2.48. The quantitative estimate of drug-likeness (QED) is 0.106. The summed E-state index contributed by atoms with van der Waals surface area (Å²) in [6, 6.07) is 5.12. The highest BCUT2D eigenvalue weighted by molar-refractivity contribution is 6.31. The number of hydrogen-bond donors (Lipinski definition) is 3. The summed E-state index contributed by atoms with van der Waals surface area (Å²) in [5, 5.41) is 33.1. The Balaban J connectivity index is 1.89. The molecule has 1 aromatic carbocycles. The van der Waals surface area contributed by atoms with Gasteiger partial charge in [-0.05, 0) is 51.2 Å². The van der Waals surface area contributed by atoms with Crippen LogP contribution in [0.2, 0.25) is 0 Å². The fourth-order valence-electron chi connectivity index (χ4n) is 6.51. The van der Waals surface area contributed by atoms with E-state index in [1.807, 2.05) is 12.1 Å². The molecule has 3 N–H and O–H groups in total. The van der Waals surface area contributed by atoms with Gasteiger partial charge in [0.2, 0.25) is 5.71 Å². The van der Waals surface area contributed by atoms with Gasteiger partial charge in [0.25, 0.3) is 0 Å². The first kappa shape index (κ1) is 35.3. The molecule has 44 heavy (non-hydrogen) atoms. The molecule has 7 nitrogen and oxygen atoms in total. The number of benzene rings is 1. The zero-order valence-electron chi connectivity index (χ0n) is 27.8. The van der Waals surface area contributed by atoms with Crippen molar-refractivity contribution in [3.05, 3.63) is 58.9 Å². The second-order valence-electron chi connectivity index (χ2n) is 12.4. The molecule has 242 valence electrons. The van der Waals surface area contributed by atoms with E-state index in [1.165, 1.54) is 12.8 Å². The SMILES string of the molecule is CCCCC(CC)CN(CC)c1ccc(C2C(=O)C(=C3C=CC(=[N+](CC)CC(CC)CCCC)C=C3O)C(=O)C2O)c(O)c1. The van der Waals surface area contributed by atoms with Crippen molar-refractivity contribution in [3.63, 3.8) is 0 Å². The van der Waals surface area contributed by atoms with Gasteiger partial charge < -0.3 is 20.2 Å². The number of aliphatic hydroxyl groups is 2. The van der Waals surface area contributed by atoms with Crippen molar-refractivity contribution < 1.29 is 29.5 Å². The van der Waals surface area contributed by atoms with Crippen LogP contribution < -0.4 is 4.90 Å². The average Bonchev–Trinajstić information content (AvgIpc) is 3.24. The van der Waals surface area contributed by atoms with Crippen LogP contribution in [-0.4, -0.2) is 69.5 Å². The van der Waals surface area contributed by atoms with E-state index in [-0.39, 0.29) is 28.2 Å². The average molecular weight is 608 g/mol. The summed E-state index contributed by atoms with van der Waals surface area (Å²) in [6.45, 7) is 16.2. The number of allylic oxidation sites excluding steroid dienone is 3. The van der Waals surface area contributed by atoms with E-state index < -0.39 is 23.6 Å². The molecule has 4 atom stereocenters. The molecule has 0 radical (unpaired) electrons. The van der Waals surface area contributed by atoms with Gasteiger partial charge in [-0.2, -0.15) is 0 Å². The molecule has 7 heteroatoms. The van der Waals surface area contributed by atoms with E-state index in [0.29, 0.717) is 11.8 Å². The molecular formula is C37H55N2O5+. The number of aromatic hydroxyl groups is 1. The minimum atomic E-state index is -1.63. The van der Waals surface area contributed by atoms with Crippen LogP contribution in [0.15, 0.2) is 53.3 Å². The molecule has 4 unspecified atom stereocenters. The minimum absolute atomic E-state index is 0.116. The van der Waals surface area contributed by atoms with Gasteiger partial charge in [-0.3, -0.25) is 9.59 Å². The molecule has 0 spiro atoms. The van der Waals surface area contributed by atoms with Crippen molar-refractivity contribution in [1.82, 2.24) is 0 Å². The number of ketones is 2. The van der Waals surface area contributed by atoms with E-state index in [2.05, 4.69) is 51.0 Å². The number of phenols is 1. The predicted octanol–water partition coefficient (Wildman–Crippen LogP) is 7.03. The zero-order chi connectivity index (χ0) is 32.4. The van der Waals surface area contributed by atoms with Crippen molar-refractivity contribution in [2.24, 2.45) is 11.8 Å². The molecule has 1 aromatic rings. The smallest absolute Gasteiger partial charge is 0.203 e. The number of phenolic OH excluding ortho intramolecular Hbond substituents is 1. The Kier molecular flexibility index (Phi) is 13.4. The van der Waals surface area contributed by atoms with E-state index in [9.17, 15) is 24.9 Å². The third kappa shape index (κ3) is 8.09. The Bertz CT molecular complexity index is 1290. The van der Waals surface area contributed by atoms with Gasteiger partial charge in [0, 0.05) is 48.0 Å². The van der Waals surface area contributed by atoms with Crippen LogP contribution >= 0.6 is 0 Å². The van der Waals surface area contributed by atoms with Crippen LogP contribution in [0.3, 0.4) is 0 Å². The minimum Gasteiger partial charge on any atom is -0.508 e. The van der Waals surface area contributed by atoms with Gasteiger partial charge >= 0.3 is 0 Å². The van der Waals surface area contributed by atoms with Gasteiger partial charge in [0.15, 0.2) is 11.6 Å². The number of rotatable bonds is 16. The molecule has 0 aromatic heterocycles. The number of anilines is 1. The van der Waals surface area contributed by atoms with Gasteiger partial charge in [-0.25, -0.2) is 4.58 Å². The largest absolute Gasteiger partial charge is 0.508 e. The highest BCUT2D eigenvalue weighted by atomic mass is 16.3. The van der Waals surface area contributed by atoms with Crippen LogP contribution in [-0.2, 0) is 9.59 Å². The number of Topliss-reactive ketones (excluding diaryl/α,β-unsaturated/α-hetero) is 2. The molecule has 0 saturated heterocycles. The monoisotopic (exact) mass is 607 g/mol. The maximum Gasteiger partial charge on any atom is 0.203 e.